The first-order valence-electron chi connectivity index (χ1n) is 9.20. The zero-order valence-corrected chi connectivity index (χ0v) is 16.5. The molecule has 3 rings (SSSR count). The fourth-order valence-electron chi connectivity index (χ4n) is 3.10. The summed E-state index contributed by atoms with van der Waals surface area (Å²) >= 11 is 0. The van der Waals surface area contributed by atoms with Gasteiger partial charge in [0.2, 0.25) is 10.0 Å². The van der Waals surface area contributed by atoms with Crippen molar-refractivity contribution in [3.8, 4) is 17.0 Å². The second-order valence-corrected chi connectivity index (χ2v) is 8.63. The van der Waals surface area contributed by atoms with E-state index in [0.717, 1.165) is 17.0 Å². The van der Waals surface area contributed by atoms with Crippen LogP contribution >= 0.6 is 0 Å². The topological polar surface area (TPSA) is 90.7 Å². The van der Waals surface area contributed by atoms with E-state index in [1.165, 1.54) is 0 Å². The van der Waals surface area contributed by atoms with Crippen molar-refractivity contribution in [2.75, 3.05) is 25.6 Å². The molecule has 7 nitrogen and oxygen atoms in total. The SMILES string of the molecule is CCCS(=O)(=O)N[C@H]1CCOC[C@@H]1COc1ccc(-c2coc(C)n2)cc1. The number of rotatable bonds is 8. The van der Waals surface area contributed by atoms with Crippen LogP contribution in [-0.4, -0.2) is 45.0 Å². The van der Waals surface area contributed by atoms with Crippen molar-refractivity contribution in [1.29, 1.82) is 0 Å². The maximum atomic E-state index is 12.1. The molecular weight excluding hydrogens is 368 g/mol. The summed E-state index contributed by atoms with van der Waals surface area (Å²) < 4.78 is 43.6. The third-order valence-electron chi connectivity index (χ3n) is 4.51. The molecule has 0 amide bonds. The zero-order chi connectivity index (χ0) is 19.3. The second-order valence-electron chi connectivity index (χ2n) is 6.75. The van der Waals surface area contributed by atoms with E-state index in [1.807, 2.05) is 31.2 Å². The van der Waals surface area contributed by atoms with Crippen LogP contribution in [0.15, 0.2) is 34.9 Å². The number of nitrogens with zero attached hydrogens (tertiary/aromatic N) is 1. The van der Waals surface area contributed by atoms with Crippen LogP contribution in [0.4, 0.5) is 0 Å². The number of benzene rings is 1. The average molecular weight is 394 g/mol. The molecule has 1 N–H and O–H groups in total. The van der Waals surface area contributed by atoms with Crippen LogP contribution in [0.5, 0.6) is 5.75 Å². The summed E-state index contributed by atoms with van der Waals surface area (Å²) in [5.74, 6) is 1.46. The Morgan fingerprint density at radius 1 is 1.30 bits per heavy atom. The molecular formula is C19H26N2O5S. The predicted molar refractivity (Wildman–Crippen MR) is 102 cm³/mol. The van der Waals surface area contributed by atoms with Crippen molar-refractivity contribution >= 4 is 10.0 Å². The maximum absolute atomic E-state index is 12.1. The van der Waals surface area contributed by atoms with Crippen LogP contribution in [0.1, 0.15) is 25.7 Å². The van der Waals surface area contributed by atoms with Crippen LogP contribution in [0, 0.1) is 12.8 Å². The summed E-state index contributed by atoms with van der Waals surface area (Å²) in [6.45, 7) is 5.09. The molecule has 1 aliphatic rings. The zero-order valence-electron chi connectivity index (χ0n) is 15.7. The highest BCUT2D eigenvalue weighted by atomic mass is 32.2. The Balaban J connectivity index is 1.59. The van der Waals surface area contributed by atoms with E-state index in [2.05, 4.69) is 9.71 Å². The summed E-state index contributed by atoms with van der Waals surface area (Å²) in [7, 11) is -3.26. The molecule has 0 bridgehead atoms. The lowest BCUT2D eigenvalue weighted by Crippen LogP contribution is -2.48. The number of ether oxygens (including phenoxy) is 2. The minimum atomic E-state index is -3.26. The highest BCUT2D eigenvalue weighted by Gasteiger charge is 2.29. The molecule has 0 radical (unpaired) electrons. The lowest BCUT2D eigenvalue weighted by Gasteiger charge is -2.31. The summed E-state index contributed by atoms with van der Waals surface area (Å²) in [6, 6.07) is 7.43. The number of oxazole rings is 1. The van der Waals surface area contributed by atoms with Gasteiger partial charge in [-0.3, -0.25) is 0 Å². The molecule has 27 heavy (non-hydrogen) atoms. The van der Waals surface area contributed by atoms with Gasteiger partial charge in [0.05, 0.1) is 19.0 Å². The molecule has 1 fully saturated rings. The van der Waals surface area contributed by atoms with Gasteiger partial charge in [-0.2, -0.15) is 0 Å². The molecule has 8 heteroatoms. The number of aryl methyl sites for hydroxylation is 1. The van der Waals surface area contributed by atoms with E-state index >= 15 is 0 Å². The van der Waals surface area contributed by atoms with E-state index in [1.54, 1.807) is 13.2 Å². The Hall–Kier alpha value is -1.90. The van der Waals surface area contributed by atoms with E-state index in [0.29, 0.717) is 38.6 Å². The van der Waals surface area contributed by atoms with Gasteiger partial charge in [-0.25, -0.2) is 18.1 Å². The van der Waals surface area contributed by atoms with Crippen LogP contribution in [0.25, 0.3) is 11.3 Å². The predicted octanol–water partition coefficient (Wildman–Crippen LogP) is 2.76. The number of hydrogen-bond acceptors (Lipinski definition) is 6. The standard InChI is InChI=1S/C19H26N2O5S/c1-3-10-27(22,23)21-18-8-9-24-11-16(18)12-26-17-6-4-15(5-7-17)19-13-25-14(2)20-19/h4-7,13,16,18,21H,3,8-12H2,1-2H3/t16-,18+/m1/s1. The summed E-state index contributed by atoms with van der Waals surface area (Å²) in [5, 5.41) is 0. The summed E-state index contributed by atoms with van der Waals surface area (Å²) in [4.78, 5) is 4.30. The van der Waals surface area contributed by atoms with Gasteiger partial charge in [0, 0.05) is 31.1 Å². The fourth-order valence-corrected chi connectivity index (χ4v) is 4.52. The van der Waals surface area contributed by atoms with Gasteiger partial charge >= 0.3 is 0 Å². The Morgan fingerprint density at radius 3 is 2.74 bits per heavy atom. The fraction of sp³-hybridized carbons (Fsp3) is 0.526. The molecule has 0 saturated carbocycles. The monoisotopic (exact) mass is 394 g/mol. The second kappa shape index (κ2) is 8.86. The first-order chi connectivity index (χ1) is 13.0. The minimum absolute atomic E-state index is 0.0248. The average Bonchev–Trinajstić information content (AvgIpc) is 3.07. The first kappa shape index (κ1) is 19.9. The summed E-state index contributed by atoms with van der Waals surface area (Å²) in [6.07, 6.45) is 2.87. The lowest BCUT2D eigenvalue weighted by molar-refractivity contribution is 0.0186. The molecule has 0 spiro atoms. The third kappa shape index (κ3) is 5.54. The molecule has 1 aromatic heterocycles. The van der Waals surface area contributed by atoms with E-state index in [9.17, 15) is 8.42 Å². The maximum Gasteiger partial charge on any atom is 0.211 e. The summed E-state index contributed by atoms with van der Waals surface area (Å²) in [5.41, 5.74) is 1.73. The molecule has 1 aromatic carbocycles. The van der Waals surface area contributed by atoms with Gasteiger partial charge in [-0.15, -0.1) is 0 Å². The molecule has 1 aliphatic heterocycles. The van der Waals surface area contributed by atoms with Crippen molar-refractivity contribution in [1.82, 2.24) is 9.71 Å². The van der Waals surface area contributed by atoms with Gasteiger partial charge in [0.15, 0.2) is 5.89 Å². The van der Waals surface area contributed by atoms with E-state index in [4.69, 9.17) is 13.9 Å². The largest absolute Gasteiger partial charge is 0.493 e. The van der Waals surface area contributed by atoms with Crippen molar-refractivity contribution < 1.29 is 22.3 Å². The van der Waals surface area contributed by atoms with Crippen molar-refractivity contribution in [3.05, 3.63) is 36.4 Å². The smallest absolute Gasteiger partial charge is 0.211 e. The minimum Gasteiger partial charge on any atom is -0.493 e. The molecule has 1 saturated heterocycles. The van der Waals surface area contributed by atoms with Crippen LogP contribution in [0.2, 0.25) is 0 Å². The van der Waals surface area contributed by atoms with Crippen LogP contribution in [-0.2, 0) is 14.8 Å². The number of aromatic nitrogens is 1. The molecule has 0 unspecified atom stereocenters. The Bertz CT molecular complexity index is 832. The third-order valence-corrected chi connectivity index (χ3v) is 6.12. The molecule has 148 valence electrons. The number of nitrogens with one attached hydrogen (secondary N) is 1. The van der Waals surface area contributed by atoms with Gasteiger partial charge in [0.1, 0.15) is 17.7 Å². The Kier molecular flexibility index (Phi) is 6.51. The van der Waals surface area contributed by atoms with Crippen molar-refractivity contribution in [3.63, 3.8) is 0 Å². The quantitative estimate of drug-likeness (QED) is 0.740. The van der Waals surface area contributed by atoms with Gasteiger partial charge in [0.25, 0.3) is 0 Å². The molecule has 0 aliphatic carbocycles. The number of hydrogen-bond donors (Lipinski definition) is 1. The van der Waals surface area contributed by atoms with Crippen molar-refractivity contribution in [2.45, 2.75) is 32.7 Å². The van der Waals surface area contributed by atoms with Gasteiger partial charge in [-0.05, 0) is 37.1 Å². The molecule has 2 atom stereocenters. The first-order valence-corrected chi connectivity index (χ1v) is 10.8. The van der Waals surface area contributed by atoms with Crippen molar-refractivity contribution in [2.24, 2.45) is 5.92 Å². The highest BCUT2D eigenvalue weighted by Crippen LogP contribution is 2.23. The Morgan fingerprint density at radius 2 is 2.07 bits per heavy atom. The Labute approximate surface area is 160 Å². The normalized spacial score (nSPS) is 20.5. The number of sulfonamides is 1. The molecule has 2 heterocycles. The van der Waals surface area contributed by atoms with Crippen LogP contribution < -0.4 is 9.46 Å². The molecule has 2 aromatic rings. The van der Waals surface area contributed by atoms with Gasteiger partial charge < -0.3 is 13.9 Å². The van der Waals surface area contributed by atoms with Gasteiger partial charge in [-0.1, -0.05) is 6.92 Å². The highest BCUT2D eigenvalue weighted by molar-refractivity contribution is 7.89. The van der Waals surface area contributed by atoms with E-state index in [-0.39, 0.29) is 17.7 Å². The van der Waals surface area contributed by atoms with Crippen LogP contribution in [0.3, 0.4) is 0 Å². The van der Waals surface area contributed by atoms with E-state index < -0.39 is 10.0 Å². The lowest BCUT2D eigenvalue weighted by atomic mass is 9.98.